The van der Waals surface area contributed by atoms with Crippen molar-refractivity contribution in [3.05, 3.63) is 18.3 Å². The zero-order chi connectivity index (χ0) is 8.72. The van der Waals surface area contributed by atoms with Crippen LogP contribution >= 0.6 is 0 Å². The Morgan fingerprint density at radius 3 is 2.75 bits per heavy atom. The maximum Gasteiger partial charge on any atom is 0.153 e. The molecular formula is C9H13N3. The Hall–Kier alpha value is -1.25. The molecule has 1 aromatic heterocycles. The van der Waals surface area contributed by atoms with E-state index < -0.39 is 0 Å². The zero-order valence-corrected chi connectivity index (χ0v) is 7.65. The predicted octanol–water partition coefficient (Wildman–Crippen LogP) is 1.31. The second-order valence-electron chi connectivity index (χ2n) is 3.20. The van der Waals surface area contributed by atoms with Gasteiger partial charge in [-0.2, -0.15) is 0 Å². The van der Waals surface area contributed by atoms with E-state index in [4.69, 9.17) is 0 Å². The van der Waals surface area contributed by atoms with Crippen molar-refractivity contribution in [2.24, 2.45) is 0 Å². The Bertz CT molecular complexity index is 269. The van der Waals surface area contributed by atoms with Gasteiger partial charge in [0, 0.05) is 20.3 Å². The zero-order valence-electron chi connectivity index (χ0n) is 7.65. The largest absolute Gasteiger partial charge is 0.352 e. The lowest BCUT2D eigenvalue weighted by Crippen LogP contribution is -2.35. The van der Waals surface area contributed by atoms with Crippen LogP contribution in [0.5, 0.6) is 0 Å². The van der Waals surface area contributed by atoms with Gasteiger partial charge in [-0.3, -0.25) is 0 Å². The van der Waals surface area contributed by atoms with E-state index in [1.807, 2.05) is 12.3 Å². The van der Waals surface area contributed by atoms with E-state index in [-0.39, 0.29) is 0 Å². The summed E-state index contributed by atoms with van der Waals surface area (Å²) in [6, 6.07) is 4.07. The number of pyridine rings is 1. The standard InChI is InChI=1S/C9H13N3/c1-7-11(2)8-5-4-6-10-9(8)12(7)3/h4-7H,1-3H3/t7-/m1/s1. The first-order valence-corrected chi connectivity index (χ1v) is 4.12. The molecule has 1 aromatic rings. The molecule has 0 saturated carbocycles. The predicted molar refractivity (Wildman–Crippen MR) is 50.5 cm³/mol. The molecular weight excluding hydrogens is 150 g/mol. The van der Waals surface area contributed by atoms with E-state index in [1.165, 1.54) is 5.69 Å². The number of aromatic nitrogens is 1. The highest BCUT2D eigenvalue weighted by Gasteiger charge is 2.27. The van der Waals surface area contributed by atoms with Crippen LogP contribution in [0.4, 0.5) is 11.5 Å². The maximum absolute atomic E-state index is 4.33. The Morgan fingerprint density at radius 2 is 2.08 bits per heavy atom. The Morgan fingerprint density at radius 1 is 1.33 bits per heavy atom. The molecule has 3 nitrogen and oxygen atoms in total. The van der Waals surface area contributed by atoms with Crippen molar-refractivity contribution in [3.8, 4) is 0 Å². The minimum atomic E-state index is 0.412. The van der Waals surface area contributed by atoms with Crippen LogP contribution in [0.15, 0.2) is 18.3 Å². The summed E-state index contributed by atoms with van der Waals surface area (Å²) in [5.74, 6) is 1.08. The molecule has 0 amide bonds. The topological polar surface area (TPSA) is 19.4 Å². The van der Waals surface area contributed by atoms with Crippen molar-refractivity contribution in [2.45, 2.75) is 13.1 Å². The summed E-state index contributed by atoms with van der Waals surface area (Å²) < 4.78 is 0. The van der Waals surface area contributed by atoms with Gasteiger partial charge in [0.25, 0.3) is 0 Å². The normalized spacial score (nSPS) is 21.4. The van der Waals surface area contributed by atoms with Crippen LogP contribution in [0.1, 0.15) is 6.92 Å². The Labute approximate surface area is 72.6 Å². The molecule has 2 rings (SSSR count). The third kappa shape index (κ3) is 0.793. The molecule has 12 heavy (non-hydrogen) atoms. The van der Waals surface area contributed by atoms with Gasteiger partial charge in [-0.15, -0.1) is 0 Å². The number of hydrogen-bond acceptors (Lipinski definition) is 3. The van der Waals surface area contributed by atoms with Crippen molar-refractivity contribution in [3.63, 3.8) is 0 Å². The molecule has 2 heterocycles. The quantitative estimate of drug-likeness (QED) is 0.575. The molecule has 0 N–H and O–H groups in total. The molecule has 0 aromatic carbocycles. The fourth-order valence-corrected chi connectivity index (χ4v) is 1.57. The van der Waals surface area contributed by atoms with E-state index in [9.17, 15) is 0 Å². The monoisotopic (exact) mass is 163 g/mol. The summed E-state index contributed by atoms with van der Waals surface area (Å²) in [6.07, 6.45) is 2.25. The molecule has 1 aliphatic heterocycles. The van der Waals surface area contributed by atoms with Gasteiger partial charge in [0.05, 0.1) is 11.9 Å². The molecule has 0 fully saturated rings. The van der Waals surface area contributed by atoms with Gasteiger partial charge >= 0.3 is 0 Å². The van der Waals surface area contributed by atoms with E-state index in [0.717, 1.165) is 5.82 Å². The van der Waals surface area contributed by atoms with E-state index >= 15 is 0 Å². The van der Waals surface area contributed by atoms with E-state index in [0.29, 0.717) is 6.17 Å². The number of hydrogen-bond donors (Lipinski definition) is 0. The van der Waals surface area contributed by atoms with Crippen LogP contribution in [0.3, 0.4) is 0 Å². The second kappa shape index (κ2) is 2.37. The molecule has 1 aliphatic rings. The van der Waals surface area contributed by atoms with Crippen LogP contribution in [-0.4, -0.2) is 25.2 Å². The van der Waals surface area contributed by atoms with Gasteiger partial charge in [0.15, 0.2) is 5.82 Å². The summed E-state index contributed by atoms with van der Waals surface area (Å²) in [5, 5.41) is 0. The van der Waals surface area contributed by atoms with Crippen molar-refractivity contribution in [1.82, 2.24) is 4.98 Å². The number of fused-ring (bicyclic) bond motifs is 1. The summed E-state index contributed by atoms with van der Waals surface area (Å²) in [6.45, 7) is 2.17. The highest BCUT2D eigenvalue weighted by Crippen LogP contribution is 2.34. The van der Waals surface area contributed by atoms with E-state index in [2.05, 4.69) is 41.9 Å². The van der Waals surface area contributed by atoms with Gasteiger partial charge in [-0.1, -0.05) is 0 Å². The van der Waals surface area contributed by atoms with Crippen molar-refractivity contribution >= 4 is 11.5 Å². The highest BCUT2D eigenvalue weighted by atomic mass is 15.4. The van der Waals surface area contributed by atoms with Crippen LogP contribution in [0.25, 0.3) is 0 Å². The van der Waals surface area contributed by atoms with Crippen LogP contribution < -0.4 is 9.80 Å². The average molecular weight is 163 g/mol. The Kier molecular flexibility index (Phi) is 1.46. The van der Waals surface area contributed by atoms with E-state index in [1.54, 1.807) is 0 Å². The minimum Gasteiger partial charge on any atom is -0.352 e. The fraction of sp³-hybridized carbons (Fsp3) is 0.444. The molecule has 0 bridgehead atoms. The van der Waals surface area contributed by atoms with Crippen molar-refractivity contribution < 1.29 is 0 Å². The first-order valence-electron chi connectivity index (χ1n) is 4.12. The lowest BCUT2D eigenvalue weighted by molar-refractivity contribution is 0.706. The summed E-state index contributed by atoms with van der Waals surface area (Å²) in [7, 11) is 4.16. The molecule has 1 atom stereocenters. The number of anilines is 2. The molecule has 0 saturated heterocycles. The van der Waals surface area contributed by atoms with Crippen LogP contribution in [-0.2, 0) is 0 Å². The molecule has 0 radical (unpaired) electrons. The third-order valence-corrected chi connectivity index (χ3v) is 2.60. The van der Waals surface area contributed by atoms with Gasteiger partial charge in [-0.05, 0) is 19.1 Å². The Balaban J connectivity index is 2.52. The molecule has 3 heteroatoms. The lowest BCUT2D eigenvalue weighted by atomic mass is 10.4. The minimum absolute atomic E-state index is 0.412. The van der Waals surface area contributed by atoms with Gasteiger partial charge < -0.3 is 9.80 Å². The van der Waals surface area contributed by atoms with Gasteiger partial charge in [-0.25, -0.2) is 4.98 Å². The second-order valence-corrected chi connectivity index (χ2v) is 3.20. The first-order chi connectivity index (χ1) is 5.72. The number of nitrogens with zero attached hydrogens (tertiary/aromatic N) is 3. The SMILES string of the molecule is C[C@@H]1N(C)c2cccnc2N1C. The smallest absolute Gasteiger partial charge is 0.153 e. The lowest BCUT2D eigenvalue weighted by Gasteiger charge is -2.22. The molecule has 0 unspecified atom stereocenters. The molecule has 0 spiro atoms. The molecule has 64 valence electrons. The van der Waals surface area contributed by atoms with Crippen LogP contribution in [0, 0.1) is 0 Å². The average Bonchev–Trinajstić information content (AvgIpc) is 2.33. The maximum atomic E-state index is 4.33. The highest BCUT2D eigenvalue weighted by molar-refractivity contribution is 5.72. The summed E-state index contributed by atoms with van der Waals surface area (Å²) in [4.78, 5) is 8.73. The first kappa shape index (κ1) is 7.40. The van der Waals surface area contributed by atoms with Crippen molar-refractivity contribution in [1.29, 1.82) is 0 Å². The van der Waals surface area contributed by atoms with Crippen LogP contribution in [0.2, 0.25) is 0 Å². The molecule has 0 aliphatic carbocycles. The number of rotatable bonds is 0. The fourth-order valence-electron chi connectivity index (χ4n) is 1.57. The summed E-state index contributed by atoms with van der Waals surface area (Å²) in [5.41, 5.74) is 1.22. The van der Waals surface area contributed by atoms with Gasteiger partial charge in [0.1, 0.15) is 0 Å². The third-order valence-electron chi connectivity index (χ3n) is 2.60. The summed E-state index contributed by atoms with van der Waals surface area (Å²) >= 11 is 0. The van der Waals surface area contributed by atoms with Gasteiger partial charge in [0.2, 0.25) is 0 Å². The van der Waals surface area contributed by atoms with Crippen molar-refractivity contribution in [2.75, 3.05) is 23.9 Å².